The van der Waals surface area contributed by atoms with E-state index in [0.29, 0.717) is 24.4 Å². The number of carbonyl (C=O) groups is 5. The van der Waals surface area contributed by atoms with Gasteiger partial charge in [0.2, 0.25) is 11.8 Å². The molecule has 1 unspecified atom stereocenters. The van der Waals surface area contributed by atoms with E-state index < -0.39 is 47.8 Å². The van der Waals surface area contributed by atoms with Gasteiger partial charge in [0, 0.05) is 55.0 Å². The van der Waals surface area contributed by atoms with Crippen LogP contribution >= 0.6 is 0 Å². The molecule has 2 aliphatic heterocycles. The van der Waals surface area contributed by atoms with E-state index in [-0.39, 0.29) is 49.7 Å². The first-order valence-corrected chi connectivity index (χ1v) is 16.5. The lowest BCUT2D eigenvalue weighted by Gasteiger charge is -2.40. The number of carbonyl (C=O) groups excluding carboxylic acids is 3. The van der Waals surface area contributed by atoms with Gasteiger partial charge in [-0.05, 0) is 75.8 Å². The summed E-state index contributed by atoms with van der Waals surface area (Å²) in [6, 6.07) is 5.49. The van der Waals surface area contributed by atoms with E-state index in [1.54, 1.807) is 4.90 Å². The number of fused-ring (bicyclic) bond motifs is 1. The van der Waals surface area contributed by atoms with Gasteiger partial charge in [0.25, 0.3) is 5.91 Å². The average Bonchev–Trinajstić information content (AvgIpc) is 3.98. The van der Waals surface area contributed by atoms with E-state index in [4.69, 9.17) is 19.8 Å². The Morgan fingerprint density at radius 2 is 1.42 bits per heavy atom. The molecule has 0 radical (unpaired) electrons. The van der Waals surface area contributed by atoms with E-state index in [1.807, 2.05) is 12.1 Å². The van der Waals surface area contributed by atoms with Crippen LogP contribution in [0.3, 0.4) is 0 Å². The summed E-state index contributed by atoms with van der Waals surface area (Å²) in [4.78, 5) is 59.3. The first kappa shape index (κ1) is 40.7. The minimum absolute atomic E-state index is 0.0160. The van der Waals surface area contributed by atoms with Crippen LogP contribution in [0, 0.1) is 11.3 Å². The molecule has 290 valence electrons. The normalized spacial score (nSPS) is 24.1. The third-order valence-corrected chi connectivity index (χ3v) is 9.83. The Hall–Kier alpha value is -4.10. The Morgan fingerprint density at radius 1 is 0.865 bits per heavy atom. The zero-order valence-corrected chi connectivity index (χ0v) is 27.5. The second-order valence-corrected chi connectivity index (χ2v) is 13.6. The smallest absolute Gasteiger partial charge is 0.475 e. The molecule has 1 atom stereocenters. The fraction of sp³-hybridized carbons (Fsp3) is 0.656. The van der Waals surface area contributed by atoms with Crippen molar-refractivity contribution >= 4 is 35.3 Å². The fourth-order valence-corrected chi connectivity index (χ4v) is 6.50. The zero-order chi connectivity index (χ0) is 38.8. The van der Waals surface area contributed by atoms with Crippen LogP contribution in [-0.2, 0) is 25.7 Å². The minimum atomic E-state index is -5.08. The van der Waals surface area contributed by atoms with Gasteiger partial charge in [-0.15, -0.1) is 0 Å². The summed E-state index contributed by atoms with van der Waals surface area (Å²) in [5.74, 6) is -5.79. The van der Waals surface area contributed by atoms with Gasteiger partial charge in [-0.25, -0.2) is 9.59 Å². The molecule has 3 saturated carbocycles. The number of carboxylic acid groups (broad SMARTS) is 2. The van der Waals surface area contributed by atoms with E-state index in [1.165, 1.54) is 12.8 Å². The summed E-state index contributed by atoms with van der Waals surface area (Å²) >= 11 is 0. The highest BCUT2D eigenvalue weighted by molar-refractivity contribution is 6.06. The van der Waals surface area contributed by atoms with Crippen molar-refractivity contribution in [2.45, 2.75) is 107 Å². The van der Waals surface area contributed by atoms with Gasteiger partial charge in [0.05, 0.1) is 5.41 Å². The zero-order valence-electron chi connectivity index (χ0n) is 27.5. The first-order valence-electron chi connectivity index (χ1n) is 16.5. The van der Waals surface area contributed by atoms with E-state index in [9.17, 15) is 53.9 Å². The number of nitrogens with one attached hydrogen (secondary N) is 2. The number of hydrogen-bond acceptors (Lipinski definition) is 7. The molecule has 1 aromatic rings. The maximum atomic E-state index is 13.3. The number of rotatable bonds is 8. The number of halogens is 9. The summed E-state index contributed by atoms with van der Waals surface area (Å²) in [6.45, 7) is 1.26. The van der Waals surface area contributed by atoms with Crippen LogP contribution in [0.5, 0.6) is 0 Å². The SMILES string of the molecule is O=C(O)C(F)(F)F.O=C(O)C(F)(F)F.O=C1CCC(N2Cc3c(cccc3N(CC3CC3)C3CCC(NCC4(C(F)(F)F)CC4)CC3)C2=O)C(=O)N1. The summed E-state index contributed by atoms with van der Waals surface area (Å²) in [5, 5.41) is 19.8. The summed E-state index contributed by atoms with van der Waals surface area (Å²) < 4.78 is 104. The van der Waals surface area contributed by atoms with E-state index >= 15 is 0 Å². The quantitative estimate of drug-likeness (QED) is 0.207. The molecule has 4 N–H and O–H groups in total. The summed E-state index contributed by atoms with van der Waals surface area (Å²) in [5.41, 5.74) is 1.06. The van der Waals surface area contributed by atoms with Gasteiger partial charge < -0.3 is 25.3 Å². The number of nitrogens with zero attached hydrogens (tertiary/aromatic N) is 2. The van der Waals surface area contributed by atoms with Gasteiger partial charge in [-0.3, -0.25) is 19.7 Å². The number of alkyl halides is 9. The molecule has 1 aromatic carbocycles. The minimum Gasteiger partial charge on any atom is -0.475 e. The van der Waals surface area contributed by atoms with Crippen LogP contribution in [0.2, 0.25) is 0 Å². The third kappa shape index (κ3) is 10.1. The van der Waals surface area contributed by atoms with Crippen molar-refractivity contribution in [2.75, 3.05) is 18.0 Å². The third-order valence-electron chi connectivity index (χ3n) is 9.83. The molecule has 0 aromatic heterocycles. The van der Waals surface area contributed by atoms with Crippen molar-refractivity contribution < 1.29 is 73.7 Å². The van der Waals surface area contributed by atoms with Gasteiger partial charge in [-0.2, -0.15) is 39.5 Å². The monoisotopic (exact) mass is 760 g/mol. The van der Waals surface area contributed by atoms with E-state index in [2.05, 4.69) is 21.6 Å². The molecular weight excluding hydrogens is 723 g/mol. The largest absolute Gasteiger partial charge is 0.490 e. The number of benzene rings is 1. The van der Waals surface area contributed by atoms with Crippen LogP contribution in [-0.4, -0.2) is 94.5 Å². The number of anilines is 1. The van der Waals surface area contributed by atoms with Crippen molar-refractivity contribution in [1.29, 1.82) is 0 Å². The highest BCUT2D eigenvalue weighted by Crippen LogP contribution is 2.57. The molecule has 4 fully saturated rings. The van der Waals surface area contributed by atoms with Crippen LogP contribution in [0.1, 0.15) is 80.1 Å². The molecule has 2 heterocycles. The molecule has 1 saturated heterocycles. The highest BCUT2D eigenvalue weighted by Gasteiger charge is 2.62. The molecule has 5 aliphatic rings. The van der Waals surface area contributed by atoms with Crippen molar-refractivity contribution in [3.05, 3.63) is 29.3 Å². The van der Waals surface area contributed by atoms with Crippen molar-refractivity contribution in [3.8, 4) is 0 Å². The molecule has 3 aliphatic carbocycles. The Kier molecular flexibility index (Phi) is 12.1. The van der Waals surface area contributed by atoms with Crippen LogP contribution in [0.4, 0.5) is 45.2 Å². The lowest BCUT2D eigenvalue weighted by atomic mass is 9.88. The predicted molar refractivity (Wildman–Crippen MR) is 162 cm³/mol. The number of aliphatic carboxylic acids is 2. The summed E-state index contributed by atoms with van der Waals surface area (Å²) in [6.07, 6.45) is -7.50. The van der Waals surface area contributed by atoms with Crippen molar-refractivity contribution in [1.82, 2.24) is 15.5 Å². The van der Waals surface area contributed by atoms with Crippen LogP contribution in [0.15, 0.2) is 18.2 Å². The molecule has 3 amide bonds. The Bertz CT molecular complexity index is 1490. The second-order valence-electron chi connectivity index (χ2n) is 13.6. The van der Waals surface area contributed by atoms with Gasteiger partial charge in [0.15, 0.2) is 0 Å². The topological polar surface area (TPSA) is 156 Å². The van der Waals surface area contributed by atoms with Crippen molar-refractivity contribution in [3.63, 3.8) is 0 Å². The van der Waals surface area contributed by atoms with Gasteiger partial charge in [0.1, 0.15) is 6.04 Å². The van der Waals surface area contributed by atoms with Crippen molar-refractivity contribution in [2.24, 2.45) is 11.3 Å². The second kappa shape index (κ2) is 15.5. The molecule has 20 heteroatoms. The van der Waals surface area contributed by atoms with E-state index in [0.717, 1.165) is 43.5 Å². The maximum absolute atomic E-state index is 13.3. The lowest BCUT2D eigenvalue weighted by molar-refractivity contribution is -0.193. The number of piperidine rings is 1. The number of amides is 3. The fourth-order valence-electron chi connectivity index (χ4n) is 6.50. The lowest BCUT2D eigenvalue weighted by Crippen LogP contribution is -2.52. The van der Waals surface area contributed by atoms with Crippen LogP contribution in [0.25, 0.3) is 0 Å². The number of imide groups is 1. The van der Waals surface area contributed by atoms with Gasteiger partial charge in [-0.1, -0.05) is 6.07 Å². The first-order chi connectivity index (χ1) is 24.0. The molecule has 6 rings (SSSR count). The maximum Gasteiger partial charge on any atom is 0.490 e. The Morgan fingerprint density at radius 3 is 1.88 bits per heavy atom. The summed E-state index contributed by atoms with van der Waals surface area (Å²) in [7, 11) is 0. The molecule has 0 spiro atoms. The average molecular weight is 761 g/mol. The van der Waals surface area contributed by atoms with Crippen LogP contribution < -0.4 is 15.5 Å². The van der Waals surface area contributed by atoms with Gasteiger partial charge >= 0.3 is 30.5 Å². The highest BCUT2D eigenvalue weighted by atomic mass is 19.4. The predicted octanol–water partition coefficient (Wildman–Crippen LogP) is 5.17. The molecule has 52 heavy (non-hydrogen) atoms. The Labute approximate surface area is 290 Å². The molecular formula is C32H37F9N4O7. The molecule has 0 bridgehead atoms. The number of carboxylic acids is 2. The standard InChI is InChI=1S/C28H35F3N4O3.2C2HF3O2/c29-28(30,31)27(12-13-27)16-32-18-6-8-19(9-7-18)34(14-17-4-5-17)22-3-1-2-20-21(22)15-35(26(20)38)23-10-11-24(36)33-25(23)37;2*3-2(4,5)1(6)7/h1-3,17-19,23,32H,4-16H2,(H,33,36,37);2*(H,6,7). The Balaban J connectivity index is 0.000000367. The number of hydrogen-bond donors (Lipinski definition) is 4. The molecule has 11 nitrogen and oxygen atoms in total.